The van der Waals surface area contributed by atoms with Crippen molar-refractivity contribution >= 4 is 11.6 Å². The van der Waals surface area contributed by atoms with Crippen LogP contribution in [0.3, 0.4) is 0 Å². The molecule has 1 amide bonds. The van der Waals surface area contributed by atoms with Crippen molar-refractivity contribution in [3.63, 3.8) is 0 Å². The maximum atomic E-state index is 12.3. The summed E-state index contributed by atoms with van der Waals surface area (Å²) in [6, 6.07) is 7.01. The number of anilines is 1. The highest BCUT2D eigenvalue weighted by Gasteiger charge is 2.14. The molecule has 1 heterocycles. The first kappa shape index (κ1) is 12.3. The summed E-state index contributed by atoms with van der Waals surface area (Å²) in [4.78, 5) is 11.9. The molecule has 0 unspecified atom stereocenters. The monoisotopic (exact) mass is 248 g/mol. The van der Waals surface area contributed by atoms with Gasteiger partial charge in [-0.2, -0.15) is 0 Å². The van der Waals surface area contributed by atoms with Crippen LogP contribution in [0.5, 0.6) is 0 Å². The lowest BCUT2D eigenvalue weighted by atomic mass is 10.1. The summed E-state index contributed by atoms with van der Waals surface area (Å²) < 4.78 is 16.9. The maximum Gasteiger partial charge on any atom is 0.277 e. The second-order valence-electron chi connectivity index (χ2n) is 4.03. The van der Waals surface area contributed by atoms with E-state index in [0.717, 1.165) is 16.8 Å². The number of alkyl halides is 1. The smallest absolute Gasteiger partial charge is 0.277 e. The molecule has 0 saturated heterocycles. The molecule has 2 aromatic rings. The molecule has 0 aliphatic heterocycles. The normalized spacial score (nSPS) is 10.4. The summed E-state index contributed by atoms with van der Waals surface area (Å²) in [5, 5.41) is 6.26. The average molecular weight is 248 g/mol. The van der Waals surface area contributed by atoms with Gasteiger partial charge in [0.2, 0.25) is 0 Å². The van der Waals surface area contributed by atoms with Gasteiger partial charge in [-0.1, -0.05) is 23.4 Å². The molecule has 1 aromatic heterocycles. The van der Waals surface area contributed by atoms with E-state index in [4.69, 9.17) is 0 Å². The quantitative estimate of drug-likeness (QED) is 0.908. The third-order valence-electron chi connectivity index (χ3n) is 2.64. The first-order valence-electron chi connectivity index (χ1n) is 5.51. The topological polar surface area (TPSA) is 55.1 Å². The number of hydrogen-bond acceptors (Lipinski definition) is 3. The van der Waals surface area contributed by atoms with Gasteiger partial charge in [0, 0.05) is 11.8 Å². The average Bonchev–Trinajstić information content (AvgIpc) is 2.82. The van der Waals surface area contributed by atoms with E-state index in [9.17, 15) is 9.18 Å². The number of carbonyl (C=O) groups excluding carboxylic acids is 1. The minimum Gasteiger partial charge on any atom is -0.358 e. The minimum atomic E-state index is -0.774. The van der Waals surface area contributed by atoms with Gasteiger partial charge in [-0.15, -0.1) is 0 Å². The SMILES string of the molecule is Cc1cccc(C)c1NC(=O)c1cc(CF)on1. The van der Waals surface area contributed by atoms with Crippen molar-refractivity contribution in [3.05, 3.63) is 46.8 Å². The molecule has 1 aromatic carbocycles. The van der Waals surface area contributed by atoms with Crippen LogP contribution in [0.2, 0.25) is 0 Å². The van der Waals surface area contributed by atoms with Gasteiger partial charge in [0.25, 0.3) is 5.91 Å². The molecule has 4 nitrogen and oxygen atoms in total. The third kappa shape index (κ3) is 2.40. The number of aryl methyl sites for hydroxylation is 2. The number of para-hydroxylation sites is 1. The number of nitrogens with one attached hydrogen (secondary N) is 1. The van der Waals surface area contributed by atoms with Crippen molar-refractivity contribution in [1.82, 2.24) is 5.16 Å². The van der Waals surface area contributed by atoms with Gasteiger partial charge in [-0.05, 0) is 25.0 Å². The molecule has 0 fully saturated rings. The maximum absolute atomic E-state index is 12.3. The lowest BCUT2D eigenvalue weighted by Gasteiger charge is -2.09. The summed E-state index contributed by atoms with van der Waals surface area (Å²) in [7, 11) is 0. The highest BCUT2D eigenvalue weighted by atomic mass is 19.1. The second kappa shape index (κ2) is 5.00. The van der Waals surface area contributed by atoms with Crippen molar-refractivity contribution in [3.8, 4) is 0 Å². The Hall–Kier alpha value is -2.17. The Balaban J connectivity index is 2.21. The largest absolute Gasteiger partial charge is 0.358 e. The van der Waals surface area contributed by atoms with E-state index in [1.807, 2.05) is 32.0 Å². The van der Waals surface area contributed by atoms with E-state index in [-0.39, 0.29) is 11.5 Å². The number of carbonyl (C=O) groups is 1. The molecule has 1 N–H and O–H groups in total. The number of halogens is 1. The molecule has 0 atom stereocenters. The van der Waals surface area contributed by atoms with Gasteiger partial charge in [-0.25, -0.2) is 4.39 Å². The van der Waals surface area contributed by atoms with E-state index in [2.05, 4.69) is 15.0 Å². The molecule has 94 valence electrons. The van der Waals surface area contributed by atoms with Gasteiger partial charge >= 0.3 is 0 Å². The van der Waals surface area contributed by atoms with Crippen LogP contribution < -0.4 is 5.32 Å². The highest BCUT2D eigenvalue weighted by Crippen LogP contribution is 2.20. The zero-order valence-corrected chi connectivity index (χ0v) is 10.2. The Morgan fingerprint density at radius 1 is 1.39 bits per heavy atom. The highest BCUT2D eigenvalue weighted by molar-refractivity contribution is 6.03. The molecule has 0 aliphatic carbocycles. The van der Waals surface area contributed by atoms with Crippen LogP contribution >= 0.6 is 0 Å². The van der Waals surface area contributed by atoms with Gasteiger partial charge < -0.3 is 9.84 Å². The Kier molecular flexibility index (Phi) is 3.41. The third-order valence-corrected chi connectivity index (χ3v) is 2.64. The van der Waals surface area contributed by atoms with Gasteiger partial charge in [0.15, 0.2) is 11.5 Å². The van der Waals surface area contributed by atoms with Crippen LogP contribution in [0.25, 0.3) is 0 Å². The molecule has 0 spiro atoms. The predicted octanol–water partition coefficient (Wildman–Crippen LogP) is 3.01. The number of hydrogen-bond donors (Lipinski definition) is 1. The van der Waals surface area contributed by atoms with Crippen LogP contribution in [-0.4, -0.2) is 11.1 Å². The standard InChI is InChI=1S/C13H13FN2O2/c1-8-4-3-5-9(2)12(8)15-13(17)11-6-10(7-14)18-16-11/h3-6H,7H2,1-2H3,(H,15,17). The summed E-state index contributed by atoms with van der Waals surface area (Å²) in [5.41, 5.74) is 2.73. The summed E-state index contributed by atoms with van der Waals surface area (Å²) in [6.07, 6.45) is 0. The zero-order chi connectivity index (χ0) is 13.1. The molecule has 5 heteroatoms. The van der Waals surface area contributed by atoms with E-state index >= 15 is 0 Å². The summed E-state index contributed by atoms with van der Waals surface area (Å²) >= 11 is 0. The van der Waals surface area contributed by atoms with E-state index in [1.165, 1.54) is 6.07 Å². The van der Waals surface area contributed by atoms with E-state index < -0.39 is 12.6 Å². The Morgan fingerprint density at radius 3 is 2.61 bits per heavy atom. The molecule has 18 heavy (non-hydrogen) atoms. The molecule has 0 saturated carbocycles. The van der Waals surface area contributed by atoms with Crippen LogP contribution in [-0.2, 0) is 6.67 Å². The lowest BCUT2D eigenvalue weighted by Crippen LogP contribution is -2.14. The Morgan fingerprint density at radius 2 is 2.06 bits per heavy atom. The van der Waals surface area contributed by atoms with Crippen molar-refractivity contribution in [1.29, 1.82) is 0 Å². The summed E-state index contributed by atoms with van der Waals surface area (Å²) in [6.45, 7) is 3.03. The van der Waals surface area contributed by atoms with Crippen LogP contribution in [0, 0.1) is 13.8 Å². The fourth-order valence-electron chi connectivity index (χ4n) is 1.67. The van der Waals surface area contributed by atoms with Crippen LogP contribution in [0.4, 0.5) is 10.1 Å². The number of aromatic nitrogens is 1. The first-order chi connectivity index (χ1) is 8.61. The second-order valence-corrected chi connectivity index (χ2v) is 4.03. The van der Waals surface area contributed by atoms with Crippen LogP contribution in [0.1, 0.15) is 27.4 Å². The number of nitrogens with zero attached hydrogens (tertiary/aromatic N) is 1. The molecule has 2 rings (SSSR count). The summed E-state index contributed by atoms with van der Waals surface area (Å²) in [5.74, 6) is -0.363. The molecular formula is C13H13FN2O2. The van der Waals surface area contributed by atoms with Crippen molar-refractivity contribution < 1.29 is 13.7 Å². The molecule has 0 bridgehead atoms. The van der Waals surface area contributed by atoms with Gasteiger partial charge in [0.05, 0.1) is 0 Å². The lowest BCUT2D eigenvalue weighted by molar-refractivity contribution is 0.101. The molecule has 0 radical (unpaired) electrons. The fourth-order valence-corrected chi connectivity index (χ4v) is 1.67. The predicted molar refractivity (Wildman–Crippen MR) is 65.2 cm³/mol. The minimum absolute atomic E-state index is 0.0432. The number of rotatable bonds is 3. The van der Waals surface area contributed by atoms with E-state index in [1.54, 1.807) is 0 Å². The van der Waals surface area contributed by atoms with Crippen LogP contribution in [0.15, 0.2) is 28.8 Å². The van der Waals surface area contributed by atoms with E-state index in [0.29, 0.717) is 0 Å². The first-order valence-corrected chi connectivity index (χ1v) is 5.51. The van der Waals surface area contributed by atoms with Gasteiger partial charge in [0.1, 0.15) is 6.67 Å². The Labute approximate surface area is 104 Å². The van der Waals surface area contributed by atoms with Crippen molar-refractivity contribution in [2.24, 2.45) is 0 Å². The fraction of sp³-hybridized carbons (Fsp3) is 0.231. The zero-order valence-electron chi connectivity index (χ0n) is 10.2. The van der Waals surface area contributed by atoms with Crippen molar-refractivity contribution in [2.75, 3.05) is 5.32 Å². The van der Waals surface area contributed by atoms with Crippen molar-refractivity contribution in [2.45, 2.75) is 20.5 Å². The Bertz CT molecular complexity index is 558. The molecular weight excluding hydrogens is 235 g/mol. The number of benzene rings is 1. The number of amides is 1. The molecule has 0 aliphatic rings. The van der Waals surface area contributed by atoms with Gasteiger partial charge in [-0.3, -0.25) is 4.79 Å².